The Morgan fingerprint density at radius 3 is 2.74 bits per heavy atom. The van der Waals surface area contributed by atoms with Crippen LogP contribution in [-0.2, 0) is 11.8 Å². The van der Waals surface area contributed by atoms with E-state index in [4.69, 9.17) is 16.6 Å². The number of hydrogen-bond acceptors (Lipinski definition) is 4. The molecule has 0 bridgehead atoms. The van der Waals surface area contributed by atoms with Crippen LogP contribution in [0.15, 0.2) is 24.5 Å². The van der Waals surface area contributed by atoms with Gasteiger partial charge in [0.2, 0.25) is 0 Å². The molecule has 1 spiro atoms. The largest absolute Gasteiger partial charge is 0.325 e. The van der Waals surface area contributed by atoms with E-state index in [0.29, 0.717) is 5.92 Å². The second-order valence-electron chi connectivity index (χ2n) is 7.78. The van der Waals surface area contributed by atoms with Crippen molar-refractivity contribution in [3.8, 4) is 0 Å². The normalized spacial score (nSPS) is 22.0. The molecule has 0 amide bonds. The van der Waals surface area contributed by atoms with Gasteiger partial charge in [0.25, 0.3) is 0 Å². The third-order valence-electron chi connectivity index (χ3n) is 6.35. The van der Waals surface area contributed by atoms with E-state index in [1.807, 2.05) is 6.07 Å². The van der Waals surface area contributed by atoms with Crippen molar-refractivity contribution in [3.05, 3.63) is 46.4 Å². The Kier molecular flexibility index (Phi) is 5.93. The summed E-state index contributed by atoms with van der Waals surface area (Å²) < 4.78 is 0. The highest BCUT2D eigenvalue weighted by atomic mass is 35.5. The maximum absolute atomic E-state index is 6.38. The lowest BCUT2D eigenvalue weighted by Crippen LogP contribution is -2.42. The summed E-state index contributed by atoms with van der Waals surface area (Å²) in [6, 6.07) is 6.38. The van der Waals surface area contributed by atoms with Crippen LogP contribution < -0.4 is 10.2 Å². The molecule has 5 rings (SSSR count). The van der Waals surface area contributed by atoms with E-state index in [-0.39, 0.29) is 30.2 Å². The highest BCUT2D eigenvalue weighted by Crippen LogP contribution is 2.51. The molecular formula is C20H25Cl3N4. The molecule has 2 aliphatic heterocycles. The van der Waals surface area contributed by atoms with E-state index in [1.165, 1.54) is 28.9 Å². The lowest BCUT2D eigenvalue weighted by molar-refractivity contribution is 0.329. The third kappa shape index (κ3) is 3.21. The van der Waals surface area contributed by atoms with Crippen molar-refractivity contribution in [2.24, 2.45) is 0 Å². The molecule has 1 aromatic heterocycles. The van der Waals surface area contributed by atoms with Crippen LogP contribution in [0.1, 0.15) is 48.9 Å². The van der Waals surface area contributed by atoms with Gasteiger partial charge in [-0.15, -0.1) is 24.8 Å². The van der Waals surface area contributed by atoms with Crippen LogP contribution in [0, 0.1) is 0 Å². The molecule has 1 aliphatic carbocycles. The number of aryl methyl sites for hydroxylation is 1. The average Bonchev–Trinajstić information content (AvgIpc) is 3.15. The van der Waals surface area contributed by atoms with Gasteiger partial charge in [-0.1, -0.05) is 18.5 Å². The Labute approximate surface area is 177 Å². The summed E-state index contributed by atoms with van der Waals surface area (Å²) in [5, 5.41) is 4.34. The van der Waals surface area contributed by atoms with Crippen molar-refractivity contribution >= 4 is 47.9 Å². The van der Waals surface area contributed by atoms with E-state index in [1.54, 1.807) is 6.33 Å². The maximum Gasteiger partial charge on any atom is 0.140 e. The molecular weight excluding hydrogens is 403 g/mol. The number of benzene rings is 1. The number of hydrogen-bond donors (Lipinski definition) is 1. The minimum atomic E-state index is 0. The minimum Gasteiger partial charge on any atom is -0.325 e. The Balaban J connectivity index is 0.00000105. The Morgan fingerprint density at radius 1 is 1.19 bits per heavy atom. The van der Waals surface area contributed by atoms with Crippen molar-refractivity contribution in [2.45, 2.75) is 43.9 Å². The minimum absolute atomic E-state index is 0. The second kappa shape index (κ2) is 7.75. The van der Waals surface area contributed by atoms with Crippen molar-refractivity contribution < 1.29 is 0 Å². The lowest BCUT2D eigenvalue weighted by Gasteiger charge is -2.35. The molecule has 3 heterocycles. The quantitative estimate of drug-likeness (QED) is 0.710. The summed E-state index contributed by atoms with van der Waals surface area (Å²) in [7, 11) is 0. The number of nitrogens with one attached hydrogen (secondary N) is 1. The van der Waals surface area contributed by atoms with Crippen LogP contribution in [0.4, 0.5) is 11.5 Å². The van der Waals surface area contributed by atoms with Crippen LogP contribution in [0.5, 0.6) is 0 Å². The van der Waals surface area contributed by atoms with E-state index in [2.05, 4.69) is 34.3 Å². The fourth-order valence-corrected chi connectivity index (χ4v) is 5.17. The first-order valence-corrected chi connectivity index (χ1v) is 9.68. The van der Waals surface area contributed by atoms with Gasteiger partial charge in [-0.25, -0.2) is 9.97 Å². The summed E-state index contributed by atoms with van der Waals surface area (Å²) in [6.45, 7) is 5.44. The number of piperidine rings is 1. The molecule has 146 valence electrons. The van der Waals surface area contributed by atoms with Crippen molar-refractivity contribution in [1.29, 1.82) is 0 Å². The predicted molar refractivity (Wildman–Crippen MR) is 116 cm³/mol. The Morgan fingerprint density at radius 2 is 1.96 bits per heavy atom. The van der Waals surface area contributed by atoms with Gasteiger partial charge >= 0.3 is 0 Å². The van der Waals surface area contributed by atoms with Gasteiger partial charge in [-0.05, 0) is 68.5 Å². The first-order valence-electron chi connectivity index (χ1n) is 9.30. The molecule has 0 saturated carbocycles. The highest BCUT2D eigenvalue weighted by molar-refractivity contribution is 6.30. The van der Waals surface area contributed by atoms with Gasteiger partial charge in [0.05, 0.1) is 0 Å². The number of nitrogens with zero attached hydrogens (tertiary/aromatic N) is 3. The predicted octanol–water partition coefficient (Wildman–Crippen LogP) is 4.80. The number of anilines is 2. The maximum atomic E-state index is 6.38. The summed E-state index contributed by atoms with van der Waals surface area (Å²) >= 11 is 6.38. The van der Waals surface area contributed by atoms with Crippen molar-refractivity contribution in [3.63, 3.8) is 0 Å². The lowest BCUT2D eigenvalue weighted by atomic mass is 9.75. The summed E-state index contributed by atoms with van der Waals surface area (Å²) in [6.07, 6.45) is 6.30. The SMILES string of the molecule is C[C@@H]1CCc2ncnc(N3CC4(CCNCC4)c4cc(Cl)ccc43)c21.Cl.Cl. The molecule has 1 aromatic carbocycles. The molecule has 27 heavy (non-hydrogen) atoms. The van der Waals surface area contributed by atoms with Crippen LogP contribution in [0.3, 0.4) is 0 Å². The van der Waals surface area contributed by atoms with E-state index >= 15 is 0 Å². The Hall–Kier alpha value is -1.07. The van der Waals surface area contributed by atoms with Crippen LogP contribution in [0.2, 0.25) is 5.02 Å². The number of aromatic nitrogens is 2. The first kappa shape index (κ1) is 20.7. The average molecular weight is 428 g/mol. The summed E-state index contributed by atoms with van der Waals surface area (Å²) in [5.41, 5.74) is 5.46. The molecule has 1 saturated heterocycles. The Bertz CT molecular complexity index is 836. The molecule has 3 aliphatic rings. The van der Waals surface area contributed by atoms with Gasteiger partial charge in [-0.3, -0.25) is 0 Å². The second-order valence-corrected chi connectivity index (χ2v) is 8.21. The van der Waals surface area contributed by atoms with Crippen molar-refractivity contribution in [2.75, 3.05) is 24.5 Å². The number of rotatable bonds is 1. The third-order valence-corrected chi connectivity index (χ3v) is 6.59. The van der Waals surface area contributed by atoms with Gasteiger partial charge in [0.15, 0.2) is 0 Å². The fourth-order valence-electron chi connectivity index (χ4n) is 5.00. The van der Waals surface area contributed by atoms with Gasteiger partial charge < -0.3 is 10.2 Å². The van der Waals surface area contributed by atoms with E-state index < -0.39 is 0 Å². The molecule has 0 unspecified atom stereocenters. The molecule has 7 heteroatoms. The van der Waals surface area contributed by atoms with Crippen LogP contribution in [-0.4, -0.2) is 29.6 Å². The van der Waals surface area contributed by atoms with Crippen LogP contribution in [0.25, 0.3) is 0 Å². The zero-order chi connectivity index (χ0) is 17.0. The van der Waals surface area contributed by atoms with Gasteiger partial charge in [0, 0.05) is 33.9 Å². The number of fused-ring (bicyclic) bond motifs is 3. The number of halogens is 3. The zero-order valence-corrected chi connectivity index (χ0v) is 17.8. The first-order chi connectivity index (χ1) is 12.2. The van der Waals surface area contributed by atoms with E-state index in [9.17, 15) is 0 Å². The summed E-state index contributed by atoms with van der Waals surface area (Å²) in [5.74, 6) is 1.65. The van der Waals surface area contributed by atoms with Crippen molar-refractivity contribution in [1.82, 2.24) is 15.3 Å². The molecule has 4 nitrogen and oxygen atoms in total. The molecule has 1 N–H and O–H groups in total. The molecule has 2 aromatic rings. The fraction of sp³-hybridized carbons (Fsp3) is 0.500. The molecule has 1 atom stereocenters. The smallest absolute Gasteiger partial charge is 0.140 e. The monoisotopic (exact) mass is 426 g/mol. The molecule has 0 radical (unpaired) electrons. The van der Waals surface area contributed by atoms with Gasteiger partial charge in [-0.2, -0.15) is 0 Å². The van der Waals surface area contributed by atoms with E-state index in [0.717, 1.165) is 49.7 Å². The highest BCUT2D eigenvalue weighted by Gasteiger charge is 2.45. The standard InChI is InChI=1S/C20H23ClN4.2ClH/c1-13-2-4-16-18(13)19(24-12-23-16)25-11-20(6-8-22-9-7-20)15-10-14(21)3-5-17(15)25;;/h3,5,10,12-13,22H,2,4,6-9,11H2,1H3;2*1H/t13-;;/m1../s1. The van der Waals surface area contributed by atoms with Gasteiger partial charge in [0.1, 0.15) is 12.1 Å². The molecule has 1 fully saturated rings. The zero-order valence-electron chi connectivity index (χ0n) is 15.4. The topological polar surface area (TPSA) is 41.1 Å². The summed E-state index contributed by atoms with van der Waals surface area (Å²) in [4.78, 5) is 11.7. The van der Waals surface area contributed by atoms with Crippen LogP contribution >= 0.6 is 36.4 Å².